The topological polar surface area (TPSA) is 44.0 Å². The van der Waals surface area contributed by atoms with Crippen molar-refractivity contribution in [1.82, 2.24) is 9.13 Å². The van der Waals surface area contributed by atoms with E-state index >= 15 is 0 Å². The van der Waals surface area contributed by atoms with Gasteiger partial charge in [-0.2, -0.15) is 0 Å². The van der Waals surface area contributed by atoms with Gasteiger partial charge in [-0.05, 0) is 53.6 Å². The molecule has 0 aliphatic heterocycles. The van der Waals surface area contributed by atoms with Crippen molar-refractivity contribution in [2.45, 2.75) is 26.8 Å². The van der Waals surface area contributed by atoms with E-state index in [1.165, 1.54) is 4.57 Å². The molecular formula is C13H15IN2O2. The lowest BCUT2D eigenvalue weighted by molar-refractivity contribution is 0.594. The number of aromatic nitrogens is 2. The van der Waals surface area contributed by atoms with Crippen LogP contribution in [0.4, 0.5) is 0 Å². The number of rotatable bonds is 2. The molecule has 96 valence electrons. The van der Waals surface area contributed by atoms with Crippen molar-refractivity contribution in [2.24, 2.45) is 7.05 Å². The quantitative estimate of drug-likeness (QED) is 0.771. The van der Waals surface area contributed by atoms with Gasteiger partial charge < -0.3 is 0 Å². The van der Waals surface area contributed by atoms with Gasteiger partial charge in [-0.25, -0.2) is 4.79 Å². The fourth-order valence-corrected chi connectivity index (χ4v) is 2.60. The molecule has 0 saturated heterocycles. The predicted octanol–water partition coefficient (Wildman–Crippen LogP) is 2.02. The molecule has 0 saturated carbocycles. The Morgan fingerprint density at radius 3 is 2.56 bits per heavy atom. The lowest BCUT2D eigenvalue weighted by Crippen LogP contribution is -2.39. The van der Waals surface area contributed by atoms with Gasteiger partial charge in [-0.1, -0.05) is 6.92 Å². The fraction of sp³-hybridized carbons (Fsp3) is 0.385. The summed E-state index contributed by atoms with van der Waals surface area (Å²) in [5.74, 6) is 0. The molecule has 5 heteroatoms. The molecule has 0 unspecified atom stereocenters. The third-order valence-electron chi connectivity index (χ3n) is 3.16. The first-order chi connectivity index (χ1) is 8.49. The SMILES string of the molecule is CCCn1c(=O)c2c(C)c(I)ccc2n(C)c1=O. The molecule has 0 amide bonds. The third kappa shape index (κ3) is 1.90. The van der Waals surface area contributed by atoms with Crippen LogP contribution in [0.3, 0.4) is 0 Å². The first-order valence-electron chi connectivity index (χ1n) is 5.87. The summed E-state index contributed by atoms with van der Waals surface area (Å²) >= 11 is 2.21. The van der Waals surface area contributed by atoms with E-state index in [-0.39, 0.29) is 11.2 Å². The van der Waals surface area contributed by atoms with Crippen molar-refractivity contribution >= 4 is 33.5 Å². The molecule has 0 aliphatic rings. The van der Waals surface area contributed by atoms with Crippen LogP contribution in [0.5, 0.6) is 0 Å². The summed E-state index contributed by atoms with van der Waals surface area (Å²) in [5.41, 5.74) is 1.23. The molecule has 4 nitrogen and oxygen atoms in total. The summed E-state index contributed by atoms with van der Waals surface area (Å²) in [7, 11) is 1.71. The van der Waals surface area contributed by atoms with Gasteiger partial charge in [0.1, 0.15) is 0 Å². The maximum absolute atomic E-state index is 12.4. The highest BCUT2D eigenvalue weighted by atomic mass is 127. The second kappa shape index (κ2) is 4.87. The Balaban J connectivity index is 3.05. The zero-order valence-electron chi connectivity index (χ0n) is 10.7. The lowest BCUT2D eigenvalue weighted by atomic mass is 10.1. The van der Waals surface area contributed by atoms with Gasteiger partial charge in [0.05, 0.1) is 10.9 Å². The van der Waals surface area contributed by atoms with Crippen LogP contribution in [-0.2, 0) is 13.6 Å². The largest absolute Gasteiger partial charge is 0.331 e. The highest BCUT2D eigenvalue weighted by molar-refractivity contribution is 14.1. The van der Waals surface area contributed by atoms with Crippen molar-refractivity contribution in [3.8, 4) is 0 Å². The molecule has 0 fully saturated rings. The summed E-state index contributed by atoms with van der Waals surface area (Å²) in [4.78, 5) is 24.5. The van der Waals surface area contributed by atoms with Crippen LogP contribution >= 0.6 is 22.6 Å². The molecule has 18 heavy (non-hydrogen) atoms. The summed E-state index contributed by atoms with van der Waals surface area (Å²) in [5, 5.41) is 0.650. The lowest BCUT2D eigenvalue weighted by Gasteiger charge is -2.12. The van der Waals surface area contributed by atoms with Gasteiger partial charge in [0.2, 0.25) is 0 Å². The van der Waals surface area contributed by atoms with E-state index in [0.717, 1.165) is 15.6 Å². The molecule has 2 rings (SSSR count). The minimum absolute atomic E-state index is 0.175. The van der Waals surface area contributed by atoms with Crippen LogP contribution in [0.25, 0.3) is 10.9 Å². The number of benzene rings is 1. The van der Waals surface area contributed by atoms with Crippen LogP contribution in [0.1, 0.15) is 18.9 Å². The Kier molecular flexibility index (Phi) is 3.61. The van der Waals surface area contributed by atoms with Crippen molar-refractivity contribution in [1.29, 1.82) is 0 Å². The molecule has 1 aromatic heterocycles. The Morgan fingerprint density at radius 2 is 1.94 bits per heavy atom. The average Bonchev–Trinajstić information content (AvgIpc) is 2.35. The van der Waals surface area contributed by atoms with Crippen molar-refractivity contribution in [3.05, 3.63) is 42.1 Å². The van der Waals surface area contributed by atoms with E-state index in [2.05, 4.69) is 22.6 Å². The summed E-state index contributed by atoms with van der Waals surface area (Å²) in [6, 6.07) is 3.77. The minimum atomic E-state index is -0.241. The number of hydrogen-bond acceptors (Lipinski definition) is 2. The average molecular weight is 358 g/mol. The van der Waals surface area contributed by atoms with E-state index < -0.39 is 0 Å². The van der Waals surface area contributed by atoms with Crippen LogP contribution in [0, 0.1) is 10.5 Å². The molecular weight excluding hydrogens is 343 g/mol. The third-order valence-corrected chi connectivity index (χ3v) is 4.33. The summed E-state index contributed by atoms with van der Waals surface area (Å²) in [6.45, 7) is 4.34. The highest BCUT2D eigenvalue weighted by Gasteiger charge is 2.13. The van der Waals surface area contributed by atoms with Gasteiger partial charge in [-0.15, -0.1) is 0 Å². The van der Waals surface area contributed by atoms with Crippen molar-refractivity contribution in [3.63, 3.8) is 0 Å². The first kappa shape index (κ1) is 13.3. The van der Waals surface area contributed by atoms with Crippen LogP contribution < -0.4 is 11.2 Å². The number of halogens is 1. The predicted molar refractivity (Wildman–Crippen MR) is 81.2 cm³/mol. The van der Waals surface area contributed by atoms with Gasteiger partial charge in [0, 0.05) is 17.2 Å². The van der Waals surface area contributed by atoms with Crippen LogP contribution in [0.15, 0.2) is 21.7 Å². The van der Waals surface area contributed by atoms with E-state index in [4.69, 9.17) is 0 Å². The number of fused-ring (bicyclic) bond motifs is 1. The Bertz CT molecular complexity index is 728. The van der Waals surface area contributed by atoms with Crippen LogP contribution in [-0.4, -0.2) is 9.13 Å². The molecule has 0 bridgehead atoms. The minimum Gasteiger partial charge on any atom is -0.296 e. The summed E-state index contributed by atoms with van der Waals surface area (Å²) < 4.78 is 3.92. The second-order valence-corrected chi connectivity index (χ2v) is 5.53. The van der Waals surface area contributed by atoms with Gasteiger partial charge >= 0.3 is 5.69 Å². The standard InChI is InChI=1S/C13H15IN2O2/c1-4-7-16-12(17)11-8(2)9(14)5-6-10(11)15(3)13(16)18/h5-6H,4,7H2,1-3H3. The second-order valence-electron chi connectivity index (χ2n) is 4.36. The van der Waals surface area contributed by atoms with E-state index in [0.29, 0.717) is 17.4 Å². The smallest absolute Gasteiger partial charge is 0.296 e. The zero-order chi connectivity index (χ0) is 13.4. The Labute approximate surface area is 118 Å². The normalized spacial score (nSPS) is 11.1. The van der Waals surface area contributed by atoms with Crippen molar-refractivity contribution < 1.29 is 0 Å². The summed E-state index contributed by atoms with van der Waals surface area (Å²) in [6.07, 6.45) is 0.767. The number of aryl methyl sites for hydroxylation is 2. The van der Waals surface area contributed by atoms with E-state index in [9.17, 15) is 9.59 Å². The Hall–Kier alpha value is -1.11. The molecule has 1 heterocycles. The maximum atomic E-state index is 12.4. The Morgan fingerprint density at radius 1 is 1.28 bits per heavy atom. The molecule has 2 aromatic rings. The molecule has 0 N–H and O–H groups in total. The number of nitrogens with zero attached hydrogens (tertiary/aromatic N) is 2. The molecule has 0 radical (unpaired) electrons. The van der Waals surface area contributed by atoms with E-state index in [1.54, 1.807) is 11.6 Å². The van der Waals surface area contributed by atoms with Gasteiger partial charge in [-0.3, -0.25) is 13.9 Å². The monoisotopic (exact) mass is 358 g/mol. The molecule has 0 spiro atoms. The maximum Gasteiger partial charge on any atom is 0.331 e. The van der Waals surface area contributed by atoms with E-state index in [1.807, 2.05) is 26.0 Å². The van der Waals surface area contributed by atoms with Crippen LogP contribution in [0.2, 0.25) is 0 Å². The molecule has 0 atom stereocenters. The first-order valence-corrected chi connectivity index (χ1v) is 6.95. The van der Waals surface area contributed by atoms with Crippen molar-refractivity contribution in [2.75, 3.05) is 0 Å². The van der Waals surface area contributed by atoms with Gasteiger partial charge in [0.25, 0.3) is 5.56 Å². The van der Waals surface area contributed by atoms with Gasteiger partial charge in [0.15, 0.2) is 0 Å². The molecule has 1 aromatic carbocycles. The highest BCUT2D eigenvalue weighted by Crippen LogP contribution is 2.18. The number of hydrogen-bond donors (Lipinski definition) is 0. The molecule has 0 aliphatic carbocycles. The fourth-order valence-electron chi connectivity index (χ4n) is 2.15. The zero-order valence-corrected chi connectivity index (χ0v) is 12.8.